The Morgan fingerprint density at radius 3 is 2.92 bits per heavy atom. The lowest BCUT2D eigenvalue weighted by Gasteiger charge is -2.17. The number of carbonyl (C=O) groups excluding carboxylic acids is 1. The summed E-state index contributed by atoms with van der Waals surface area (Å²) in [6, 6.07) is 6.53. The molecule has 1 aliphatic rings. The van der Waals surface area contributed by atoms with Crippen LogP contribution in [0.3, 0.4) is 0 Å². The molecular weight excluding hydrogens is 346 g/mol. The van der Waals surface area contributed by atoms with Gasteiger partial charge in [0.05, 0.1) is 4.90 Å². The Labute approximate surface area is 148 Å². The van der Waals surface area contributed by atoms with E-state index in [0.717, 1.165) is 25.1 Å². The fourth-order valence-corrected chi connectivity index (χ4v) is 4.36. The quantitative estimate of drug-likeness (QED) is 0.717. The van der Waals surface area contributed by atoms with E-state index in [9.17, 15) is 13.2 Å². The van der Waals surface area contributed by atoms with Gasteiger partial charge in [-0.2, -0.15) is 11.8 Å². The summed E-state index contributed by atoms with van der Waals surface area (Å²) < 4.78 is 26.4. The van der Waals surface area contributed by atoms with Gasteiger partial charge in [0.2, 0.25) is 10.0 Å². The molecule has 0 aliphatic carbocycles. The number of hydrogen-bond acceptors (Lipinski definition) is 5. The normalized spacial score (nSPS) is 18.0. The fourth-order valence-electron chi connectivity index (χ4n) is 2.57. The van der Waals surface area contributed by atoms with Crippen molar-refractivity contribution in [3.63, 3.8) is 0 Å². The van der Waals surface area contributed by atoms with E-state index < -0.39 is 10.0 Å². The van der Waals surface area contributed by atoms with Gasteiger partial charge in [0.1, 0.15) is 0 Å². The standard InChI is InChI=1S/C16H25N3O3S2/c1-19(9-10-23-2)24(21,22)15-7-3-5-13(11-15)16(20)18-12-14-6-4-8-17-14/h3,5,7,11,14,17H,4,6,8-10,12H2,1-2H3,(H,18,20)/t14-/m0/s1. The van der Waals surface area contributed by atoms with Crippen LogP contribution in [0, 0.1) is 0 Å². The van der Waals surface area contributed by atoms with Gasteiger partial charge in [-0.15, -0.1) is 0 Å². The van der Waals surface area contributed by atoms with Gasteiger partial charge in [-0.3, -0.25) is 4.79 Å². The molecule has 1 fully saturated rings. The maximum absolute atomic E-state index is 12.6. The van der Waals surface area contributed by atoms with Crippen molar-refractivity contribution < 1.29 is 13.2 Å². The Hall–Kier alpha value is -1.09. The number of amides is 1. The van der Waals surface area contributed by atoms with E-state index in [4.69, 9.17) is 0 Å². The Bertz CT molecular complexity index is 658. The lowest BCUT2D eigenvalue weighted by molar-refractivity contribution is 0.0950. The highest BCUT2D eigenvalue weighted by atomic mass is 32.2. The van der Waals surface area contributed by atoms with Crippen LogP contribution in [-0.4, -0.2) is 63.4 Å². The minimum atomic E-state index is -3.57. The fraction of sp³-hybridized carbons (Fsp3) is 0.562. The molecule has 0 bridgehead atoms. The maximum atomic E-state index is 12.6. The Morgan fingerprint density at radius 1 is 1.46 bits per heavy atom. The van der Waals surface area contributed by atoms with Crippen molar-refractivity contribution >= 4 is 27.7 Å². The van der Waals surface area contributed by atoms with E-state index in [1.807, 2.05) is 6.26 Å². The highest BCUT2D eigenvalue weighted by Gasteiger charge is 2.22. The zero-order chi connectivity index (χ0) is 17.6. The first-order valence-corrected chi connectivity index (χ1v) is 10.9. The Balaban J connectivity index is 2.05. The van der Waals surface area contributed by atoms with E-state index >= 15 is 0 Å². The zero-order valence-electron chi connectivity index (χ0n) is 14.1. The predicted molar refractivity (Wildman–Crippen MR) is 98.0 cm³/mol. The predicted octanol–water partition coefficient (Wildman–Crippen LogP) is 1.15. The number of nitrogens with one attached hydrogen (secondary N) is 2. The van der Waals surface area contributed by atoms with Crippen molar-refractivity contribution in [2.45, 2.75) is 23.8 Å². The van der Waals surface area contributed by atoms with Crippen LogP contribution in [0.2, 0.25) is 0 Å². The third kappa shape index (κ3) is 4.95. The zero-order valence-corrected chi connectivity index (χ0v) is 15.8. The van der Waals surface area contributed by atoms with E-state index in [1.165, 1.54) is 16.4 Å². The Kier molecular flexibility index (Phi) is 7.09. The second-order valence-corrected chi connectivity index (χ2v) is 8.88. The molecule has 24 heavy (non-hydrogen) atoms. The smallest absolute Gasteiger partial charge is 0.251 e. The third-order valence-corrected chi connectivity index (χ3v) is 6.53. The number of thioether (sulfide) groups is 1. The average molecular weight is 372 g/mol. The van der Waals surface area contributed by atoms with Crippen LogP contribution in [-0.2, 0) is 10.0 Å². The summed E-state index contributed by atoms with van der Waals surface area (Å²) >= 11 is 1.59. The van der Waals surface area contributed by atoms with E-state index in [-0.39, 0.29) is 10.8 Å². The second kappa shape index (κ2) is 8.84. The van der Waals surface area contributed by atoms with Gasteiger partial charge in [0, 0.05) is 37.5 Å². The molecule has 0 radical (unpaired) electrons. The first kappa shape index (κ1) is 19.2. The summed E-state index contributed by atoms with van der Waals surface area (Å²) in [6.45, 7) is 1.98. The minimum Gasteiger partial charge on any atom is -0.350 e. The molecule has 8 heteroatoms. The van der Waals surface area contributed by atoms with Crippen LogP contribution in [0.15, 0.2) is 29.2 Å². The SMILES string of the molecule is CSCCN(C)S(=O)(=O)c1cccc(C(=O)NC[C@@H]2CCCN2)c1. The number of sulfonamides is 1. The number of benzene rings is 1. The van der Waals surface area contributed by atoms with Crippen molar-refractivity contribution in [1.82, 2.24) is 14.9 Å². The number of hydrogen-bond donors (Lipinski definition) is 2. The van der Waals surface area contributed by atoms with Gasteiger partial charge >= 0.3 is 0 Å². The van der Waals surface area contributed by atoms with Gasteiger partial charge in [0.25, 0.3) is 5.91 Å². The molecule has 134 valence electrons. The van der Waals surface area contributed by atoms with Crippen molar-refractivity contribution in [1.29, 1.82) is 0 Å². The van der Waals surface area contributed by atoms with Crippen molar-refractivity contribution in [2.75, 3.05) is 38.7 Å². The molecule has 2 N–H and O–H groups in total. The number of rotatable bonds is 8. The molecular formula is C16H25N3O3S2. The molecule has 0 saturated carbocycles. The summed E-state index contributed by atoms with van der Waals surface area (Å²) in [5.74, 6) is 0.483. The third-order valence-electron chi connectivity index (χ3n) is 4.09. The first-order chi connectivity index (χ1) is 11.4. The topological polar surface area (TPSA) is 78.5 Å². The van der Waals surface area contributed by atoms with Gasteiger partial charge in [-0.25, -0.2) is 12.7 Å². The number of nitrogens with zero attached hydrogens (tertiary/aromatic N) is 1. The van der Waals surface area contributed by atoms with Crippen molar-refractivity contribution in [2.24, 2.45) is 0 Å². The molecule has 1 saturated heterocycles. The van der Waals surface area contributed by atoms with Gasteiger partial charge in [-0.05, 0) is 43.8 Å². The molecule has 1 aromatic carbocycles. The largest absolute Gasteiger partial charge is 0.350 e. The molecule has 6 nitrogen and oxygen atoms in total. The van der Waals surface area contributed by atoms with E-state index in [2.05, 4.69) is 10.6 Å². The van der Waals surface area contributed by atoms with Crippen LogP contribution in [0.4, 0.5) is 0 Å². The molecule has 0 unspecified atom stereocenters. The molecule has 1 aromatic rings. The van der Waals surface area contributed by atoms with Crippen LogP contribution in [0.5, 0.6) is 0 Å². The average Bonchev–Trinajstić information content (AvgIpc) is 3.11. The van der Waals surface area contributed by atoms with Gasteiger partial charge in [0.15, 0.2) is 0 Å². The van der Waals surface area contributed by atoms with Crippen LogP contribution >= 0.6 is 11.8 Å². The lowest BCUT2D eigenvalue weighted by atomic mass is 10.2. The van der Waals surface area contributed by atoms with E-state index in [0.29, 0.717) is 24.7 Å². The van der Waals surface area contributed by atoms with Crippen LogP contribution in [0.25, 0.3) is 0 Å². The van der Waals surface area contributed by atoms with E-state index in [1.54, 1.807) is 30.9 Å². The molecule has 1 atom stereocenters. The minimum absolute atomic E-state index is 0.151. The van der Waals surface area contributed by atoms with Gasteiger partial charge < -0.3 is 10.6 Å². The molecule has 1 amide bonds. The second-order valence-electron chi connectivity index (χ2n) is 5.85. The highest BCUT2D eigenvalue weighted by Crippen LogP contribution is 2.16. The first-order valence-electron chi connectivity index (χ1n) is 8.02. The number of carbonyl (C=O) groups is 1. The summed E-state index contributed by atoms with van der Waals surface area (Å²) in [5, 5.41) is 6.18. The molecule has 1 heterocycles. The van der Waals surface area contributed by atoms with Crippen LogP contribution in [0.1, 0.15) is 23.2 Å². The van der Waals surface area contributed by atoms with Crippen molar-refractivity contribution in [3.8, 4) is 0 Å². The molecule has 0 aromatic heterocycles. The van der Waals surface area contributed by atoms with Crippen molar-refractivity contribution in [3.05, 3.63) is 29.8 Å². The molecule has 0 spiro atoms. The monoisotopic (exact) mass is 371 g/mol. The highest BCUT2D eigenvalue weighted by molar-refractivity contribution is 7.98. The Morgan fingerprint density at radius 2 is 2.25 bits per heavy atom. The summed E-state index contributed by atoms with van der Waals surface area (Å²) in [5.41, 5.74) is 0.368. The van der Waals surface area contributed by atoms with Gasteiger partial charge in [-0.1, -0.05) is 6.07 Å². The summed E-state index contributed by atoms with van der Waals surface area (Å²) in [4.78, 5) is 12.4. The maximum Gasteiger partial charge on any atom is 0.251 e. The lowest BCUT2D eigenvalue weighted by Crippen LogP contribution is -2.37. The molecule has 2 rings (SSSR count). The summed E-state index contributed by atoms with van der Waals surface area (Å²) in [6.07, 6.45) is 4.11. The van der Waals surface area contributed by atoms with Crippen LogP contribution < -0.4 is 10.6 Å². The molecule has 1 aliphatic heterocycles. The summed E-state index contributed by atoms with van der Waals surface area (Å²) in [7, 11) is -2.01.